The number of hydrogen-bond acceptors (Lipinski definition) is 4. The van der Waals surface area contributed by atoms with Gasteiger partial charge < -0.3 is 10.0 Å². The van der Waals surface area contributed by atoms with Crippen molar-refractivity contribution in [2.75, 3.05) is 11.4 Å². The summed E-state index contributed by atoms with van der Waals surface area (Å²) in [6, 6.07) is 1.42. The van der Waals surface area contributed by atoms with Gasteiger partial charge in [0, 0.05) is 12.6 Å². The van der Waals surface area contributed by atoms with E-state index in [-0.39, 0.29) is 22.7 Å². The number of anilines is 1. The van der Waals surface area contributed by atoms with Gasteiger partial charge in [-0.2, -0.15) is 18.3 Å². The molecule has 1 aliphatic rings. The van der Waals surface area contributed by atoms with Crippen LogP contribution in [0.3, 0.4) is 0 Å². The first kappa shape index (κ1) is 14.8. The van der Waals surface area contributed by atoms with E-state index in [9.17, 15) is 23.1 Å². The number of alkyl halides is 3. The number of carbonyl (C=O) groups excluding carboxylic acids is 1. The second-order valence-electron chi connectivity index (χ2n) is 5.57. The first-order chi connectivity index (χ1) is 10.2. The molecule has 22 heavy (non-hydrogen) atoms. The molecule has 0 aromatic carbocycles. The van der Waals surface area contributed by atoms with Gasteiger partial charge in [0.2, 0.25) is 6.41 Å². The molecule has 3 rings (SSSR count). The molecule has 0 fully saturated rings. The van der Waals surface area contributed by atoms with Gasteiger partial charge in [-0.15, -0.1) is 0 Å². The Morgan fingerprint density at radius 1 is 1.50 bits per heavy atom. The van der Waals surface area contributed by atoms with Gasteiger partial charge in [-0.3, -0.25) is 4.79 Å². The lowest BCUT2D eigenvalue weighted by Crippen LogP contribution is -2.44. The van der Waals surface area contributed by atoms with Crippen molar-refractivity contribution in [2.24, 2.45) is 0 Å². The molecule has 0 aliphatic carbocycles. The molecule has 1 amide bonds. The molecule has 0 spiro atoms. The fourth-order valence-electron chi connectivity index (χ4n) is 2.69. The van der Waals surface area contributed by atoms with E-state index < -0.39 is 24.2 Å². The highest BCUT2D eigenvalue weighted by molar-refractivity contribution is 5.81. The molecular weight excluding hydrogens is 301 g/mol. The zero-order valence-electron chi connectivity index (χ0n) is 11.8. The minimum atomic E-state index is -4.56. The number of aliphatic hydroxyl groups excluding tert-OH is 1. The van der Waals surface area contributed by atoms with Gasteiger partial charge in [-0.1, -0.05) is 0 Å². The van der Waals surface area contributed by atoms with Crippen LogP contribution in [0.5, 0.6) is 0 Å². The number of aromatic nitrogens is 3. The summed E-state index contributed by atoms with van der Waals surface area (Å²) in [5, 5.41) is 13.6. The fourth-order valence-corrected chi connectivity index (χ4v) is 2.69. The fraction of sp³-hybridized carbons (Fsp3) is 0.462. The van der Waals surface area contributed by atoms with Crippen LogP contribution in [-0.2, 0) is 10.2 Å². The molecule has 3 heterocycles. The molecule has 2 atom stereocenters. The van der Waals surface area contributed by atoms with Crippen molar-refractivity contribution < 1.29 is 23.1 Å². The molecule has 6 nitrogen and oxygen atoms in total. The molecule has 0 radical (unpaired) electrons. The Hall–Kier alpha value is -2.16. The molecule has 2 aromatic heterocycles. The van der Waals surface area contributed by atoms with Gasteiger partial charge in [0.05, 0.1) is 29.4 Å². The Kier molecular flexibility index (Phi) is 2.96. The summed E-state index contributed by atoms with van der Waals surface area (Å²) in [7, 11) is 0. The quantitative estimate of drug-likeness (QED) is 0.854. The van der Waals surface area contributed by atoms with Crippen molar-refractivity contribution in [1.29, 1.82) is 0 Å². The number of halogens is 3. The molecule has 118 valence electrons. The molecule has 1 aliphatic heterocycles. The van der Waals surface area contributed by atoms with E-state index in [1.54, 1.807) is 0 Å². The Labute approximate surface area is 123 Å². The lowest BCUT2D eigenvalue weighted by molar-refractivity contribution is -0.181. The number of fused-ring (bicyclic) bond motifs is 3. The van der Waals surface area contributed by atoms with Gasteiger partial charge in [0.1, 0.15) is 5.41 Å². The predicted octanol–water partition coefficient (Wildman–Crippen LogP) is 1.58. The maximum absolute atomic E-state index is 13.6. The van der Waals surface area contributed by atoms with Gasteiger partial charge >= 0.3 is 6.18 Å². The van der Waals surface area contributed by atoms with Crippen molar-refractivity contribution in [1.82, 2.24) is 14.6 Å². The van der Waals surface area contributed by atoms with Crippen LogP contribution < -0.4 is 4.90 Å². The van der Waals surface area contributed by atoms with Crippen molar-refractivity contribution in [3.63, 3.8) is 0 Å². The molecule has 0 saturated heterocycles. The zero-order valence-corrected chi connectivity index (χ0v) is 11.8. The number of rotatable bonds is 2. The Bertz CT molecular complexity index is 756. The SMILES string of the molecule is CC(O)c1cc2ncc3c(n2n1)C(C)(C(F)(F)F)CN3C=O. The van der Waals surface area contributed by atoms with Crippen molar-refractivity contribution >= 4 is 17.7 Å². The molecule has 0 bridgehead atoms. The molecule has 9 heteroatoms. The number of amides is 1. The summed E-state index contributed by atoms with van der Waals surface area (Å²) in [6.45, 7) is 1.96. The topological polar surface area (TPSA) is 70.7 Å². The Morgan fingerprint density at radius 3 is 2.73 bits per heavy atom. The molecule has 2 aromatic rings. The van der Waals surface area contributed by atoms with Crippen molar-refractivity contribution in [2.45, 2.75) is 31.5 Å². The first-order valence-corrected chi connectivity index (χ1v) is 6.55. The normalized spacial score (nSPS) is 22.9. The van der Waals surface area contributed by atoms with Gasteiger partial charge in [0.25, 0.3) is 0 Å². The van der Waals surface area contributed by atoms with Crippen LogP contribution in [0.2, 0.25) is 0 Å². The lowest BCUT2D eigenvalue weighted by Gasteiger charge is -2.27. The number of nitrogens with zero attached hydrogens (tertiary/aromatic N) is 4. The monoisotopic (exact) mass is 314 g/mol. The molecule has 1 N–H and O–H groups in total. The summed E-state index contributed by atoms with van der Waals surface area (Å²) < 4.78 is 41.8. The number of hydrogen-bond donors (Lipinski definition) is 1. The highest BCUT2D eigenvalue weighted by Gasteiger charge is 2.59. The third-order valence-corrected chi connectivity index (χ3v) is 3.98. The van der Waals surface area contributed by atoms with Gasteiger partial charge in [-0.05, 0) is 13.8 Å². The number of aliphatic hydroxyl groups is 1. The van der Waals surface area contributed by atoms with E-state index in [1.165, 1.54) is 19.2 Å². The van der Waals surface area contributed by atoms with E-state index in [2.05, 4.69) is 10.1 Å². The summed E-state index contributed by atoms with van der Waals surface area (Å²) in [6.07, 6.45) is -3.92. The predicted molar refractivity (Wildman–Crippen MR) is 70.4 cm³/mol. The first-order valence-electron chi connectivity index (χ1n) is 6.55. The van der Waals surface area contributed by atoms with Crippen LogP contribution in [0.1, 0.15) is 31.3 Å². The van der Waals surface area contributed by atoms with Crippen LogP contribution >= 0.6 is 0 Å². The zero-order chi connectivity index (χ0) is 16.3. The van der Waals surface area contributed by atoms with Crippen molar-refractivity contribution in [3.8, 4) is 0 Å². The summed E-state index contributed by atoms with van der Waals surface area (Å²) >= 11 is 0. The average molecular weight is 314 g/mol. The highest BCUT2D eigenvalue weighted by atomic mass is 19.4. The van der Waals surface area contributed by atoms with Crippen LogP contribution in [-0.4, -0.2) is 38.8 Å². The van der Waals surface area contributed by atoms with Crippen LogP contribution in [0, 0.1) is 0 Å². The van der Waals surface area contributed by atoms with Gasteiger partial charge in [0.15, 0.2) is 5.65 Å². The third-order valence-electron chi connectivity index (χ3n) is 3.98. The van der Waals surface area contributed by atoms with E-state index >= 15 is 0 Å². The van der Waals surface area contributed by atoms with E-state index in [0.29, 0.717) is 6.41 Å². The maximum atomic E-state index is 13.6. The molecule has 2 unspecified atom stereocenters. The van der Waals surface area contributed by atoms with Crippen molar-refractivity contribution in [3.05, 3.63) is 23.7 Å². The minimum Gasteiger partial charge on any atom is -0.387 e. The Morgan fingerprint density at radius 2 is 2.18 bits per heavy atom. The standard InChI is InChI=1S/C13H13F3N4O2/c1-7(22)8-3-10-17-4-9-11(20(10)18-8)12(2,13(14,15)16)5-19(9)6-21/h3-4,6-7,22H,5H2,1-2H3. The van der Waals surface area contributed by atoms with Gasteiger partial charge in [-0.25, -0.2) is 9.50 Å². The smallest absolute Gasteiger partial charge is 0.387 e. The van der Waals surface area contributed by atoms with Crippen LogP contribution in [0.4, 0.5) is 18.9 Å². The summed E-state index contributed by atoms with van der Waals surface area (Å²) in [5.41, 5.74) is -1.92. The summed E-state index contributed by atoms with van der Waals surface area (Å²) in [4.78, 5) is 16.1. The van der Waals surface area contributed by atoms with E-state index in [4.69, 9.17) is 0 Å². The molecule has 0 saturated carbocycles. The molecular formula is C13H13F3N4O2. The number of carbonyl (C=O) groups is 1. The second-order valence-corrected chi connectivity index (χ2v) is 5.57. The van der Waals surface area contributed by atoms with E-state index in [1.807, 2.05) is 0 Å². The Balaban J connectivity index is 2.34. The maximum Gasteiger partial charge on any atom is 0.401 e. The third kappa shape index (κ3) is 1.81. The van der Waals surface area contributed by atoms with E-state index in [0.717, 1.165) is 16.3 Å². The summed E-state index contributed by atoms with van der Waals surface area (Å²) in [5.74, 6) is 0. The minimum absolute atomic E-state index is 0.0718. The average Bonchev–Trinajstić information content (AvgIpc) is 2.97. The second kappa shape index (κ2) is 4.42. The lowest BCUT2D eigenvalue weighted by atomic mass is 9.88. The van der Waals surface area contributed by atoms with Crippen LogP contribution in [0.15, 0.2) is 12.3 Å². The largest absolute Gasteiger partial charge is 0.401 e. The van der Waals surface area contributed by atoms with Crippen LogP contribution in [0.25, 0.3) is 5.65 Å². The highest BCUT2D eigenvalue weighted by Crippen LogP contribution is 2.49.